The van der Waals surface area contributed by atoms with Gasteiger partial charge < -0.3 is 10.5 Å². The fourth-order valence-electron chi connectivity index (χ4n) is 1.79. The predicted octanol–water partition coefficient (Wildman–Crippen LogP) is 2.32. The van der Waals surface area contributed by atoms with E-state index in [0.717, 1.165) is 5.69 Å². The molecule has 0 aromatic heterocycles. The Labute approximate surface area is 108 Å². The summed E-state index contributed by atoms with van der Waals surface area (Å²) in [6, 6.07) is 1.73. The topological polar surface area (TPSA) is 47.5 Å². The summed E-state index contributed by atoms with van der Waals surface area (Å²) in [4.78, 5) is 0. The van der Waals surface area contributed by atoms with Crippen molar-refractivity contribution < 1.29 is 9.50 Å². The van der Waals surface area contributed by atoms with Crippen LogP contribution in [0.25, 0.3) is 0 Å². The van der Waals surface area contributed by atoms with Gasteiger partial charge in [0.25, 0.3) is 0 Å². The quantitative estimate of drug-likeness (QED) is 0.785. The molecule has 0 bridgehead atoms. The Hall–Kier alpha value is -0.850. The second-order valence-electron chi connectivity index (χ2n) is 4.85. The van der Waals surface area contributed by atoms with Gasteiger partial charge in [-0.3, -0.25) is 5.01 Å². The lowest BCUT2D eigenvalue weighted by atomic mass is 10.1. The first kappa shape index (κ1) is 12.6. The van der Waals surface area contributed by atoms with Crippen LogP contribution in [0.2, 0.25) is 0 Å². The molecule has 1 aliphatic heterocycles. The van der Waals surface area contributed by atoms with Gasteiger partial charge in [-0.1, -0.05) is 0 Å². The Morgan fingerprint density at radius 2 is 2.18 bits per heavy atom. The molecule has 0 amide bonds. The maximum atomic E-state index is 13.8. The second-order valence-corrected chi connectivity index (χ2v) is 5.65. The largest absolute Gasteiger partial charge is 0.389 e. The summed E-state index contributed by atoms with van der Waals surface area (Å²) in [5, 5.41) is 11.5. The van der Waals surface area contributed by atoms with Crippen LogP contribution in [0, 0.1) is 12.7 Å². The number of benzene rings is 1. The van der Waals surface area contributed by atoms with E-state index in [1.807, 2.05) is 0 Å². The van der Waals surface area contributed by atoms with Crippen molar-refractivity contribution in [3.8, 4) is 0 Å². The van der Waals surface area contributed by atoms with Gasteiger partial charge in [-0.15, -0.1) is 5.53 Å². The maximum absolute atomic E-state index is 13.8. The molecular formula is C11H15BrFN3O. The average molecular weight is 304 g/mol. The molecule has 0 fully saturated rings. The van der Waals surface area contributed by atoms with Gasteiger partial charge in [-0.25, -0.2) is 4.39 Å². The lowest BCUT2D eigenvalue weighted by Gasteiger charge is -2.26. The molecule has 1 heterocycles. The zero-order chi connectivity index (χ0) is 12.8. The number of hydrazine groups is 2. The SMILES string of the molecule is Cc1cc2c(c(Br)c1F)N(CC(C)(C)O)NN2. The normalized spacial score (nSPS) is 14.8. The highest BCUT2D eigenvalue weighted by atomic mass is 79.9. The molecular weight excluding hydrogens is 289 g/mol. The summed E-state index contributed by atoms with van der Waals surface area (Å²) in [7, 11) is 0. The number of rotatable bonds is 2. The lowest BCUT2D eigenvalue weighted by molar-refractivity contribution is 0.0857. The first-order chi connectivity index (χ1) is 7.79. The van der Waals surface area contributed by atoms with E-state index in [1.165, 1.54) is 0 Å². The Balaban J connectivity index is 2.41. The third-order valence-electron chi connectivity index (χ3n) is 2.50. The molecule has 0 radical (unpaired) electrons. The van der Waals surface area contributed by atoms with Crippen molar-refractivity contribution in [3.63, 3.8) is 0 Å². The first-order valence-corrected chi connectivity index (χ1v) is 6.09. The highest BCUT2D eigenvalue weighted by molar-refractivity contribution is 9.10. The number of nitrogens with zero attached hydrogens (tertiary/aromatic N) is 1. The Kier molecular flexibility index (Phi) is 3.05. The van der Waals surface area contributed by atoms with E-state index in [-0.39, 0.29) is 5.82 Å². The van der Waals surface area contributed by atoms with Gasteiger partial charge in [-0.05, 0) is 48.3 Å². The highest BCUT2D eigenvalue weighted by Crippen LogP contribution is 2.40. The summed E-state index contributed by atoms with van der Waals surface area (Å²) in [6.45, 7) is 5.45. The van der Waals surface area contributed by atoms with Crippen LogP contribution in [0.5, 0.6) is 0 Å². The van der Waals surface area contributed by atoms with E-state index >= 15 is 0 Å². The molecule has 17 heavy (non-hydrogen) atoms. The van der Waals surface area contributed by atoms with Crippen LogP contribution in [0.4, 0.5) is 15.8 Å². The molecule has 0 unspecified atom stereocenters. The molecule has 1 aliphatic rings. The molecule has 1 aromatic rings. The van der Waals surface area contributed by atoms with Crippen LogP contribution in [0.3, 0.4) is 0 Å². The van der Waals surface area contributed by atoms with Crippen molar-refractivity contribution in [1.82, 2.24) is 5.53 Å². The number of β-amino-alcohol motifs (C(OH)–C–C–N with tert-alkyl or cyclic N) is 1. The molecule has 2 rings (SSSR count). The van der Waals surface area contributed by atoms with Crippen molar-refractivity contribution in [2.45, 2.75) is 26.4 Å². The second kappa shape index (κ2) is 4.12. The van der Waals surface area contributed by atoms with E-state index in [0.29, 0.717) is 22.3 Å². The van der Waals surface area contributed by atoms with Gasteiger partial charge in [0.2, 0.25) is 0 Å². The van der Waals surface area contributed by atoms with Crippen molar-refractivity contribution >= 4 is 27.3 Å². The minimum Gasteiger partial charge on any atom is -0.389 e. The molecule has 1 aromatic carbocycles. The standard InChI is InChI=1S/C11H15BrFN3O/c1-6-4-7-10(8(12)9(6)13)16(15-14-7)5-11(2,3)17/h4,14-15,17H,5H2,1-3H3. The van der Waals surface area contributed by atoms with E-state index in [1.54, 1.807) is 31.8 Å². The van der Waals surface area contributed by atoms with Crippen LogP contribution in [-0.2, 0) is 0 Å². The smallest absolute Gasteiger partial charge is 0.142 e. The van der Waals surface area contributed by atoms with Gasteiger partial charge in [0.05, 0.1) is 28.0 Å². The maximum Gasteiger partial charge on any atom is 0.142 e. The zero-order valence-corrected chi connectivity index (χ0v) is 11.5. The van der Waals surface area contributed by atoms with Crippen LogP contribution < -0.4 is 16.0 Å². The molecule has 0 aliphatic carbocycles. The summed E-state index contributed by atoms with van der Waals surface area (Å²) in [5.74, 6) is -0.282. The third kappa shape index (κ3) is 2.38. The van der Waals surface area contributed by atoms with Gasteiger partial charge in [0.15, 0.2) is 0 Å². The van der Waals surface area contributed by atoms with Gasteiger partial charge in [-0.2, -0.15) is 0 Å². The molecule has 0 saturated heterocycles. The van der Waals surface area contributed by atoms with Crippen molar-refractivity contribution in [3.05, 3.63) is 21.9 Å². The molecule has 0 saturated carbocycles. The zero-order valence-electron chi connectivity index (χ0n) is 9.93. The predicted molar refractivity (Wildman–Crippen MR) is 69.2 cm³/mol. The summed E-state index contributed by atoms with van der Waals surface area (Å²) in [5.41, 5.74) is 7.01. The molecule has 6 heteroatoms. The Morgan fingerprint density at radius 1 is 1.53 bits per heavy atom. The van der Waals surface area contributed by atoms with Crippen molar-refractivity contribution in [2.24, 2.45) is 0 Å². The van der Waals surface area contributed by atoms with Gasteiger partial charge in [0, 0.05) is 0 Å². The van der Waals surface area contributed by atoms with Gasteiger partial charge in [0.1, 0.15) is 5.82 Å². The summed E-state index contributed by atoms with van der Waals surface area (Å²) < 4.78 is 14.2. The van der Waals surface area contributed by atoms with Crippen molar-refractivity contribution in [1.29, 1.82) is 0 Å². The highest BCUT2D eigenvalue weighted by Gasteiger charge is 2.28. The summed E-state index contributed by atoms with van der Waals surface area (Å²) >= 11 is 3.25. The van der Waals surface area contributed by atoms with E-state index in [4.69, 9.17) is 0 Å². The third-order valence-corrected chi connectivity index (χ3v) is 3.23. The first-order valence-electron chi connectivity index (χ1n) is 5.30. The number of hydrogen-bond donors (Lipinski definition) is 3. The molecule has 0 spiro atoms. The monoisotopic (exact) mass is 303 g/mol. The van der Waals surface area contributed by atoms with E-state index < -0.39 is 5.60 Å². The minimum atomic E-state index is -0.878. The fourth-order valence-corrected chi connectivity index (χ4v) is 2.53. The summed E-state index contributed by atoms with van der Waals surface area (Å²) in [6.07, 6.45) is 0. The molecule has 0 atom stereocenters. The number of anilines is 2. The number of fused-ring (bicyclic) bond motifs is 1. The number of nitrogens with one attached hydrogen (secondary N) is 2. The minimum absolute atomic E-state index is 0.282. The van der Waals surface area contributed by atoms with Crippen LogP contribution in [0.1, 0.15) is 19.4 Å². The van der Waals surface area contributed by atoms with Crippen LogP contribution >= 0.6 is 15.9 Å². The van der Waals surface area contributed by atoms with Crippen LogP contribution in [0.15, 0.2) is 10.5 Å². The fraction of sp³-hybridized carbons (Fsp3) is 0.455. The molecule has 4 nitrogen and oxygen atoms in total. The number of aryl methyl sites for hydroxylation is 1. The van der Waals surface area contributed by atoms with Crippen LogP contribution in [-0.4, -0.2) is 17.3 Å². The Morgan fingerprint density at radius 3 is 2.76 bits per heavy atom. The van der Waals surface area contributed by atoms with E-state index in [2.05, 4.69) is 26.9 Å². The lowest BCUT2D eigenvalue weighted by Crippen LogP contribution is -2.45. The Bertz CT molecular complexity index is 459. The van der Waals surface area contributed by atoms with Gasteiger partial charge >= 0.3 is 0 Å². The number of hydrogen-bond acceptors (Lipinski definition) is 4. The van der Waals surface area contributed by atoms with Crippen molar-refractivity contribution in [2.75, 3.05) is 17.0 Å². The number of halogens is 2. The number of aliphatic hydroxyl groups is 1. The molecule has 94 valence electrons. The molecule has 3 N–H and O–H groups in total. The average Bonchev–Trinajstić information content (AvgIpc) is 2.55. The van der Waals surface area contributed by atoms with E-state index in [9.17, 15) is 9.50 Å².